The van der Waals surface area contributed by atoms with E-state index in [-0.39, 0.29) is 11.1 Å². The molecule has 0 aromatic rings. The van der Waals surface area contributed by atoms with Crippen molar-refractivity contribution in [2.45, 2.75) is 19.3 Å². The van der Waals surface area contributed by atoms with Crippen molar-refractivity contribution in [3.8, 4) is 0 Å². The minimum atomic E-state index is -0.149. The van der Waals surface area contributed by atoms with Gasteiger partial charge < -0.3 is 14.7 Å². The minimum absolute atomic E-state index is 0.149. The summed E-state index contributed by atoms with van der Waals surface area (Å²) in [6, 6.07) is 0. The molecule has 7 nitrogen and oxygen atoms in total. The Morgan fingerprint density at radius 2 is 1.37 bits per heavy atom. The Balaban J connectivity index is 1.30. The number of piperidine rings is 1. The molecule has 8 heteroatoms. The summed E-state index contributed by atoms with van der Waals surface area (Å²) >= 11 is 3.88. The van der Waals surface area contributed by atoms with E-state index in [4.69, 9.17) is 0 Å². The van der Waals surface area contributed by atoms with Crippen molar-refractivity contribution in [2.75, 3.05) is 85.6 Å². The van der Waals surface area contributed by atoms with E-state index >= 15 is 0 Å². The third-order valence-electron chi connectivity index (χ3n) is 6.36. The van der Waals surface area contributed by atoms with Crippen LogP contribution in [-0.4, -0.2) is 121 Å². The number of nitrogens with zero attached hydrogens (tertiary/aromatic N) is 5. The van der Waals surface area contributed by atoms with Crippen molar-refractivity contribution in [1.82, 2.24) is 24.5 Å². The molecule has 0 aromatic carbocycles. The van der Waals surface area contributed by atoms with Crippen molar-refractivity contribution in [3.05, 3.63) is 0 Å². The summed E-state index contributed by atoms with van der Waals surface area (Å²) in [5.74, 6) is 1.10. The lowest BCUT2D eigenvalue weighted by Gasteiger charge is -2.38. The molecule has 0 saturated carbocycles. The van der Waals surface area contributed by atoms with Crippen LogP contribution in [0.3, 0.4) is 0 Å². The van der Waals surface area contributed by atoms with E-state index < -0.39 is 0 Å². The molecule has 3 fully saturated rings. The van der Waals surface area contributed by atoms with Gasteiger partial charge in [-0.2, -0.15) is 0 Å². The van der Waals surface area contributed by atoms with Gasteiger partial charge in [-0.15, -0.1) is 0 Å². The molecule has 2 amide bonds. The van der Waals surface area contributed by atoms with E-state index in [1.165, 1.54) is 32.5 Å². The van der Waals surface area contributed by atoms with Crippen LogP contribution in [0, 0.1) is 5.92 Å². The first-order valence-corrected chi connectivity index (χ1v) is 10.8. The van der Waals surface area contributed by atoms with E-state index in [1.807, 2.05) is 4.90 Å². The maximum Gasteiger partial charge on any atom is 0.278 e. The van der Waals surface area contributed by atoms with Gasteiger partial charge in [0, 0.05) is 71.9 Å². The molecule has 0 atom stereocenters. The molecule has 27 heavy (non-hydrogen) atoms. The van der Waals surface area contributed by atoms with Gasteiger partial charge in [0.15, 0.2) is 0 Å². The van der Waals surface area contributed by atoms with Gasteiger partial charge in [-0.05, 0) is 38.9 Å². The Bertz CT molecular complexity index is 496. The molecule has 0 unspecified atom stereocenters. The number of amides is 2. The van der Waals surface area contributed by atoms with E-state index in [0.717, 1.165) is 51.7 Å². The third-order valence-corrected chi connectivity index (χ3v) is 6.65. The van der Waals surface area contributed by atoms with Crippen LogP contribution in [0.15, 0.2) is 0 Å². The van der Waals surface area contributed by atoms with Crippen LogP contribution in [0.25, 0.3) is 0 Å². The SMILES string of the molecule is CN1CCC(CN2CCN(C(=O)CCN3CCN(C(=O)S)CC3)CC2)CC1. The second-order valence-electron chi connectivity index (χ2n) is 8.29. The maximum absolute atomic E-state index is 12.5. The third kappa shape index (κ3) is 6.34. The molecular weight excluding hydrogens is 362 g/mol. The quantitative estimate of drug-likeness (QED) is 0.686. The molecule has 3 rings (SSSR count). The molecule has 0 aliphatic carbocycles. The number of rotatable bonds is 5. The predicted octanol–water partition coefficient (Wildman–Crippen LogP) is 0.530. The number of thiol groups is 1. The Hall–Kier alpha value is -0.830. The Morgan fingerprint density at radius 1 is 0.815 bits per heavy atom. The smallest absolute Gasteiger partial charge is 0.278 e. The zero-order chi connectivity index (χ0) is 19.2. The highest BCUT2D eigenvalue weighted by Crippen LogP contribution is 2.18. The summed E-state index contributed by atoms with van der Waals surface area (Å²) in [6.45, 7) is 11.3. The highest BCUT2D eigenvalue weighted by Gasteiger charge is 2.25. The number of hydrogen-bond acceptors (Lipinski definition) is 5. The number of piperazine rings is 2. The minimum Gasteiger partial charge on any atom is -0.340 e. The fourth-order valence-electron chi connectivity index (χ4n) is 4.36. The first kappa shape index (κ1) is 20.9. The van der Waals surface area contributed by atoms with Gasteiger partial charge in [0.2, 0.25) is 5.91 Å². The highest BCUT2D eigenvalue weighted by atomic mass is 32.1. The molecule has 0 N–H and O–H groups in total. The summed E-state index contributed by atoms with van der Waals surface area (Å²) in [5.41, 5.74) is 0. The number of carbonyl (C=O) groups excluding carboxylic acids is 2. The van der Waals surface area contributed by atoms with Gasteiger partial charge in [0.25, 0.3) is 5.24 Å². The van der Waals surface area contributed by atoms with E-state index in [1.54, 1.807) is 4.90 Å². The average Bonchev–Trinajstić information content (AvgIpc) is 2.69. The van der Waals surface area contributed by atoms with Gasteiger partial charge in [-0.3, -0.25) is 19.4 Å². The molecule has 0 bridgehead atoms. The highest BCUT2D eigenvalue weighted by molar-refractivity contribution is 7.96. The fraction of sp³-hybridized carbons (Fsp3) is 0.895. The zero-order valence-corrected chi connectivity index (χ0v) is 17.6. The number of hydrogen-bond donors (Lipinski definition) is 1. The lowest BCUT2D eigenvalue weighted by Crippen LogP contribution is -2.51. The standard InChI is InChI=1S/C19H35N5O2S/c1-20-5-2-17(3-6-20)16-22-10-12-23(13-11-22)18(25)4-7-21-8-14-24(15-9-21)19(26)27/h17H,2-16H2,1H3,(H,26,27). The summed E-state index contributed by atoms with van der Waals surface area (Å²) in [7, 11) is 2.21. The lowest BCUT2D eigenvalue weighted by atomic mass is 9.96. The van der Waals surface area contributed by atoms with Crippen LogP contribution < -0.4 is 0 Å². The van der Waals surface area contributed by atoms with Crippen LogP contribution in [0.1, 0.15) is 19.3 Å². The van der Waals surface area contributed by atoms with Crippen LogP contribution in [0.5, 0.6) is 0 Å². The number of likely N-dealkylation sites (tertiary alicyclic amines) is 1. The molecule has 3 aliphatic rings. The number of carbonyl (C=O) groups is 2. The van der Waals surface area contributed by atoms with Crippen molar-refractivity contribution in [2.24, 2.45) is 5.92 Å². The predicted molar refractivity (Wildman–Crippen MR) is 110 cm³/mol. The first-order chi connectivity index (χ1) is 13.0. The van der Waals surface area contributed by atoms with Gasteiger partial charge in [0.05, 0.1) is 0 Å². The fourth-order valence-corrected chi connectivity index (χ4v) is 4.56. The van der Waals surface area contributed by atoms with Crippen molar-refractivity contribution < 1.29 is 9.59 Å². The summed E-state index contributed by atoms with van der Waals surface area (Å²) in [4.78, 5) is 34.8. The second-order valence-corrected chi connectivity index (χ2v) is 8.67. The van der Waals surface area contributed by atoms with Crippen molar-refractivity contribution in [1.29, 1.82) is 0 Å². The van der Waals surface area contributed by atoms with E-state index in [0.29, 0.717) is 19.5 Å². The topological polar surface area (TPSA) is 50.3 Å². The largest absolute Gasteiger partial charge is 0.340 e. The normalized spacial score (nSPS) is 24.4. The zero-order valence-electron chi connectivity index (χ0n) is 16.7. The van der Waals surface area contributed by atoms with Gasteiger partial charge in [0.1, 0.15) is 0 Å². The Kier molecular flexibility index (Phi) is 7.81. The maximum atomic E-state index is 12.5. The molecule has 0 radical (unpaired) electrons. The van der Waals surface area contributed by atoms with Gasteiger partial charge in [-0.1, -0.05) is 12.6 Å². The monoisotopic (exact) mass is 397 g/mol. The molecule has 3 heterocycles. The summed E-state index contributed by atoms with van der Waals surface area (Å²) in [6.07, 6.45) is 3.20. The van der Waals surface area contributed by atoms with Crippen LogP contribution in [0.2, 0.25) is 0 Å². The molecule has 0 aromatic heterocycles. The van der Waals surface area contributed by atoms with Crippen LogP contribution in [-0.2, 0) is 4.79 Å². The molecule has 0 spiro atoms. The van der Waals surface area contributed by atoms with Gasteiger partial charge in [-0.25, -0.2) is 0 Å². The first-order valence-electron chi connectivity index (χ1n) is 10.4. The van der Waals surface area contributed by atoms with Crippen molar-refractivity contribution >= 4 is 23.8 Å². The van der Waals surface area contributed by atoms with E-state index in [9.17, 15) is 9.59 Å². The summed E-state index contributed by atoms with van der Waals surface area (Å²) < 4.78 is 0. The second kappa shape index (κ2) is 10.1. The Labute approximate surface area is 169 Å². The van der Waals surface area contributed by atoms with Crippen LogP contribution in [0.4, 0.5) is 4.79 Å². The van der Waals surface area contributed by atoms with E-state index in [2.05, 4.69) is 34.4 Å². The lowest BCUT2D eigenvalue weighted by molar-refractivity contribution is -0.133. The average molecular weight is 398 g/mol. The molecular formula is C19H35N5O2S. The molecule has 154 valence electrons. The van der Waals surface area contributed by atoms with Crippen molar-refractivity contribution in [3.63, 3.8) is 0 Å². The van der Waals surface area contributed by atoms with Crippen LogP contribution >= 0.6 is 12.6 Å². The molecule has 3 saturated heterocycles. The summed E-state index contributed by atoms with van der Waals surface area (Å²) in [5, 5.41) is -0.149. The Morgan fingerprint density at radius 3 is 1.96 bits per heavy atom. The van der Waals surface area contributed by atoms with Gasteiger partial charge >= 0.3 is 0 Å². The molecule has 3 aliphatic heterocycles.